The molecule has 0 spiro atoms. The van der Waals surface area contributed by atoms with E-state index in [1.54, 1.807) is 23.9 Å². The summed E-state index contributed by atoms with van der Waals surface area (Å²) >= 11 is 8.24. The van der Waals surface area contributed by atoms with Crippen molar-refractivity contribution in [2.75, 3.05) is 13.4 Å². The van der Waals surface area contributed by atoms with E-state index in [9.17, 15) is 9.59 Å². The summed E-state index contributed by atoms with van der Waals surface area (Å²) in [5.74, 6) is -0.389. The Labute approximate surface area is 170 Å². The maximum Gasteiger partial charge on any atom is 0.313 e. The zero-order valence-corrected chi connectivity index (χ0v) is 18.0. The molecule has 0 N–H and O–H groups in total. The van der Waals surface area contributed by atoms with Gasteiger partial charge in [-0.1, -0.05) is 37.6 Å². The normalized spacial score (nSPS) is 10.9. The van der Waals surface area contributed by atoms with Gasteiger partial charge < -0.3 is 4.74 Å². The molecule has 0 aliphatic heterocycles. The maximum atomic E-state index is 12.2. The summed E-state index contributed by atoms with van der Waals surface area (Å²) in [6, 6.07) is 9.97. The molecule has 3 nitrogen and oxygen atoms in total. The molecule has 0 fully saturated rings. The molecule has 144 valence electrons. The number of carbonyl (C=O) groups excluding carboxylic acids is 2. The van der Waals surface area contributed by atoms with Gasteiger partial charge in [-0.2, -0.15) is 0 Å². The van der Waals surface area contributed by atoms with Crippen LogP contribution in [0.5, 0.6) is 0 Å². The molecule has 0 saturated heterocycles. The van der Waals surface area contributed by atoms with E-state index in [1.165, 1.54) is 23.1 Å². The lowest BCUT2D eigenvalue weighted by Gasteiger charge is -2.15. The lowest BCUT2D eigenvalue weighted by Crippen LogP contribution is -2.10. The van der Waals surface area contributed by atoms with Crippen molar-refractivity contribution >= 4 is 35.1 Å². The van der Waals surface area contributed by atoms with Crippen LogP contribution in [0.3, 0.4) is 0 Å². The minimum Gasteiger partial charge on any atom is -0.469 e. The van der Waals surface area contributed by atoms with Crippen molar-refractivity contribution in [1.82, 2.24) is 0 Å². The van der Waals surface area contributed by atoms with Gasteiger partial charge in [0.05, 0.1) is 7.11 Å². The van der Waals surface area contributed by atoms with E-state index in [-0.39, 0.29) is 12.2 Å². The van der Waals surface area contributed by atoms with Crippen molar-refractivity contribution in [2.24, 2.45) is 0 Å². The van der Waals surface area contributed by atoms with Crippen LogP contribution in [0.4, 0.5) is 0 Å². The number of thioether (sulfide) groups is 1. The highest BCUT2D eigenvalue weighted by atomic mass is 35.5. The van der Waals surface area contributed by atoms with Crippen LogP contribution in [-0.4, -0.2) is 25.1 Å². The highest BCUT2D eigenvalue weighted by Crippen LogP contribution is 2.31. The average molecular weight is 405 g/mol. The third-order valence-corrected chi connectivity index (χ3v) is 5.72. The molecule has 5 heteroatoms. The number of aryl methyl sites for hydroxylation is 1. The van der Waals surface area contributed by atoms with Gasteiger partial charge in [-0.25, -0.2) is 0 Å². The van der Waals surface area contributed by atoms with Crippen LogP contribution in [0.15, 0.2) is 35.2 Å². The Morgan fingerprint density at radius 2 is 1.89 bits per heavy atom. The Morgan fingerprint density at radius 1 is 1.19 bits per heavy atom. The molecule has 0 saturated carbocycles. The lowest BCUT2D eigenvalue weighted by molar-refractivity contribution is -0.139. The minimum atomic E-state index is -0.548. The van der Waals surface area contributed by atoms with E-state index in [4.69, 9.17) is 11.6 Å². The van der Waals surface area contributed by atoms with Crippen LogP contribution >= 0.6 is 23.4 Å². The molecule has 27 heavy (non-hydrogen) atoms. The van der Waals surface area contributed by atoms with Crippen LogP contribution in [0.2, 0.25) is 5.02 Å². The number of Topliss-reactive ketones (excluding diaryl/α,β-unsaturated/α-hetero) is 1. The average Bonchev–Trinajstić information content (AvgIpc) is 2.63. The highest BCUT2D eigenvalue weighted by molar-refractivity contribution is 7.98. The zero-order chi connectivity index (χ0) is 20.1. The van der Waals surface area contributed by atoms with Gasteiger partial charge in [0.25, 0.3) is 0 Å². The summed E-state index contributed by atoms with van der Waals surface area (Å²) in [4.78, 5) is 24.8. The van der Waals surface area contributed by atoms with E-state index in [0.29, 0.717) is 22.9 Å². The van der Waals surface area contributed by atoms with Gasteiger partial charge in [-0.05, 0) is 66.0 Å². The topological polar surface area (TPSA) is 43.4 Å². The van der Waals surface area contributed by atoms with Crippen molar-refractivity contribution in [3.63, 3.8) is 0 Å². The number of halogens is 1. The Balaban J connectivity index is 2.31. The molecular formula is C22H25ClO3S. The summed E-state index contributed by atoms with van der Waals surface area (Å²) in [5.41, 5.74) is 4.90. The van der Waals surface area contributed by atoms with E-state index >= 15 is 0 Å². The summed E-state index contributed by atoms with van der Waals surface area (Å²) in [5, 5.41) is 0.545. The minimum absolute atomic E-state index is 0.278. The number of esters is 1. The molecule has 0 unspecified atom stereocenters. The van der Waals surface area contributed by atoms with E-state index < -0.39 is 5.97 Å². The number of carbonyl (C=O) groups is 2. The number of ether oxygens (including phenoxy) is 1. The first-order valence-corrected chi connectivity index (χ1v) is 10.4. The molecule has 0 aliphatic carbocycles. The molecular weight excluding hydrogens is 380 g/mol. The molecule has 0 aliphatic rings. The van der Waals surface area contributed by atoms with Gasteiger partial charge in [-0.15, -0.1) is 11.8 Å². The van der Waals surface area contributed by atoms with Gasteiger partial charge in [0.15, 0.2) is 5.78 Å². The van der Waals surface area contributed by atoms with Crippen molar-refractivity contribution < 1.29 is 14.3 Å². The Hall–Kier alpha value is -1.78. The van der Waals surface area contributed by atoms with Crippen LogP contribution in [0.1, 0.15) is 58.8 Å². The van der Waals surface area contributed by atoms with E-state index in [1.807, 2.05) is 6.92 Å². The van der Waals surface area contributed by atoms with E-state index in [2.05, 4.69) is 43.0 Å². The molecule has 0 radical (unpaired) electrons. The van der Waals surface area contributed by atoms with Crippen molar-refractivity contribution in [1.29, 1.82) is 0 Å². The maximum absolute atomic E-state index is 12.2. The first-order chi connectivity index (χ1) is 12.8. The van der Waals surface area contributed by atoms with Crippen LogP contribution in [-0.2, 0) is 16.0 Å². The third kappa shape index (κ3) is 5.36. The van der Waals surface area contributed by atoms with Crippen molar-refractivity contribution in [2.45, 2.75) is 44.4 Å². The Morgan fingerprint density at radius 3 is 2.44 bits per heavy atom. The van der Waals surface area contributed by atoms with Crippen LogP contribution in [0.25, 0.3) is 0 Å². The van der Waals surface area contributed by atoms with Gasteiger partial charge in [0, 0.05) is 15.5 Å². The fraction of sp³-hybridized carbons (Fsp3) is 0.364. The Kier molecular flexibility index (Phi) is 7.51. The molecule has 0 bridgehead atoms. The van der Waals surface area contributed by atoms with Gasteiger partial charge in [-0.3, -0.25) is 9.59 Å². The second-order valence-electron chi connectivity index (χ2n) is 6.84. The number of benzene rings is 2. The fourth-order valence-electron chi connectivity index (χ4n) is 3.01. The predicted octanol–water partition coefficient (Wildman–Crippen LogP) is 5.83. The molecule has 0 amide bonds. The summed E-state index contributed by atoms with van der Waals surface area (Å²) in [6.07, 6.45) is 2.51. The van der Waals surface area contributed by atoms with Crippen molar-refractivity contribution in [3.05, 3.63) is 63.2 Å². The second-order valence-corrected chi connectivity index (χ2v) is 8.09. The smallest absolute Gasteiger partial charge is 0.313 e. The van der Waals surface area contributed by atoms with E-state index in [0.717, 1.165) is 11.1 Å². The zero-order valence-electron chi connectivity index (χ0n) is 16.4. The largest absolute Gasteiger partial charge is 0.469 e. The Bertz CT molecular complexity index is 836. The standard InChI is InChI=1S/C22H25ClO3S/c1-13(2)17-9-15(6-7-21(17)27-5)10-18-14(3)8-16(11-19(18)23)20(24)12-22(25)26-4/h6-9,11,13H,10,12H2,1-5H3. The fourth-order valence-corrected chi connectivity index (χ4v) is 4.08. The van der Waals surface area contributed by atoms with Gasteiger partial charge in [0.1, 0.15) is 6.42 Å². The predicted molar refractivity (Wildman–Crippen MR) is 112 cm³/mol. The lowest BCUT2D eigenvalue weighted by atomic mass is 9.94. The molecule has 0 atom stereocenters. The molecule has 2 aromatic carbocycles. The SMILES string of the molecule is COC(=O)CC(=O)c1cc(C)c(Cc2ccc(SC)c(C(C)C)c2)c(Cl)c1. The second kappa shape index (κ2) is 9.43. The van der Waals surface area contributed by atoms with Gasteiger partial charge in [0.2, 0.25) is 0 Å². The number of ketones is 1. The highest BCUT2D eigenvalue weighted by Gasteiger charge is 2.16. The third-order valence-electron chi connectivity index (χ3n) is 4.57. The summed E-state index contributed by atoms with van der Waals surface area (Å²) in [6.45, 7) is 6.33. The molecule has 2 aromatic rings. The number of hydrogen-bond donors (Lipinski definition) is 0. The summed E-state index contributed by atoms with van der Waals surface area (Å²) in [7, 11) is 1.27. The van der Waals surface area contributed by atoms with Crippen LogP contribution < -0.4 is 0 Å². The molecule has 0 heterocycles. The first-order valence-electron chi connectivity index (χ1n) is 8.82. The molecule has 0 aromatic heterocycles. The monoisotopic (exact) mass is 404 g/mol. The number of methoxy groups -OCH3 is 1. The van der Waals surface area contributed by atoms with Crippen molar-refractivity contribution in [3.8, 4) is 0 Å². The number of hydrogen-bond acceptors (Lipinski definition) is 4. The van der Waals surface area contributed by atoms with Crippen LogP contribution in [0, 0.1) is 6.92 Å². The van der Waals surface area contributed by atoms with Gasteiger partial charge >= 0.3 is 5.97 Å². The first kappa shape index (κ1) is 21.5. The summed E-state index contributed by atoms with van der Waals surface area (Å²) < 4.78 is 4.56. The quantitative estimate of drug-likeness (QED) is 0.252. The number of rotatable bonds is 7. The molecule has 2 rings (SSSR count).